The van der Waals surface area contributed by atoms with Gasteiger partial charge in [0.2, 0.25) is 0 Å². The molecular formula is C22H24N2O2S. The van der Waals surface area contributed by atoms with Gasteiger partial charge in [0, 0.05) is 6.54 Å². The van der Waals surface area contributed by atoms with E-state index in [4.69, 9.17) is 9.73 Å². The molecule has 0 atom stereocenters. The highest BCUT2D eigenvalue weighted by Gasteiger charge is 2.32. The number of carbonyl (C=O) groups is 1. The standard InChI is InChI=1S/C22H24N2O2S/c1-5-12-24-21(25)20(14-17-8-11-19(26-4)16(3)13-17)27-22(24)23-18-9-6-15(2)7-10-18/h6-11,13-14H,5,12H2,1-4H3/b20-14+,23-22?. The molecule has 1 heterocycles. The van der Waals surface area contributed by atoms with Crippen LogP contribution in [0.4, 0.5) is 5.69 Å². The molecule has 0 aliphatic carbocycles. The average molecular weight is 381 g/mol. The maximum Gasteiger partial charge on any atom is 0.266 e. The molecule has 1 aliphatic heterocycles. The lowest BCUT2D eigenvalue weighted by Crippen LogP contribution is -2.29. The van der Waals surface area contributed by atoms with Crippen LogP contribution in [0.5, 0.6) is 5.75 Å². The molecule has 0 N–H and O–H groups in total. The van der Waals surface area contributed by atoms with Gasteiger partial charge in [0.1, 0.15) is 5.75 Å². The monoisotopic (exact) mass is 380 g/mol. The number of ether oxygens (including phenoxy) is 1. The fourth-order valence-corrected chi connectivity index (χ4v) is 3.91. The Balaban J connectivity index is 1.92. The summed E-state index contributed by atoms with van der Waals surface area (Å²) in [5, 5.41) is 0.738. The van der Waals surface area contributed by atoms with Crippen LogP contribution in [0.2, 0.25) is 0 Å². The molecule has 0 radical (unpaired) electrons. The normalized spacial score (nSPS) is 17.2. The molecule has 0 spiro atoms. The van der Waals surface area contributed by atoms with E-state index in [1.54, 1.807) is 12.0 Å². The van der Waals surface area contributed by atoms with Crippen molar-refractivity contribution < 1.29 is 9.53 Å². The summed E-state index contributed by atoms with van der Waals surface area (Å²) >= 11 is 1.43. The molecule has 2 aromatic rings. The Morgan fingerprint density at radius 2 is 1.89 bits per heavy atom. The highest BCUT2D eigenvalue weighted by molar-refractivity contribution is 8.18. The van der Waals surface area contributed by atoms with Gasteiger partial charge in [0.25, 0.3) is 5.91 Å². The number of methoxy groups -OCH3 is 1. The number of hydrogen-bond donors (Lipinski definition) is 0. The van der Waals surface area contributed by atoms with Crippen molar-refractivity contribution in [2.24, 2.45) is 4.99 Å². The molecule has 3 rings (SSSR count). The van der Waals surface area contributed by atoms with Crippen LogP contribution in [0, 0.1) is 13.8 Å². The fourth-order valence-electron chi connectivity index (χ4n) is 2.88. The molecule has 2 aromatic carbocycles. The number of carbonyl (C=O) groups excluding carboxylic acids is 1. The largest absolute Gasteiger partial charge is 0.496 e. The molecule has 5 heteroatoms. The first-order chi connectivity index (χ1) is 13.0. The molecule has 27 heavy (non-hydrogen) atoms. The van der Waals surface area contributed by atoms with E-state index in [0.29, 0.717) is 11.4 Å². The van der Waals surface area contributed by atoms with Crippen LogP contribution in [0.15, 0.2) is 52.4 Å². The van der Waals surface area contributed by atoms with Gasteiger partial charge in [-0.2, -0.15) is 0 Å². The minimum Gasteiger partial charge on any atom is -0.496 e. The number of rotatable bonds is 5. The number of amidine groups is 1. The van der Waals surface area contributed by atoms with Gasteiger partial charge in [-0.15, -0.1) is 0 Å². The minimum absolute atomic E-state index is 0.0150. The van der Waals surface area contributed by atoms with E-state index in [9.17, 15) is 4.79 Å². The second kappa shape index (κ2) is 8.44. The van der Waals surface area contributed by atoms with Crippen molar-refractivity contribution in [2.45, 2.75) is 27.2 Å². The lowest BCUT2D eigenvalue weighted by Gasteiger charge is -2.14. The predicted molar refractivity (Wildman–Crippen MR) is 114 cm³/mol. The van der Waals surface area contributed by atoms with E-state index in [2.05, 4.69) is 6.92 Å². The summed E-state index contributed by atoms with van der Waals surface area (Å²) in [5.41, 5.74) is 4.08. The van der Waals surface area contributed by atoms with Crippen molar-refractivity contribution in [3.63, 3.8) is 0 Å². The van der Waals surface area contributed by atoms with Crippen LogP contribution in [0.1, 0.15) is 30.0 Å². The highest BCUT2D eigenvalue weighted by Crippen LogP contribution is 2.34. The Morgan fingerprint density at radius 1 is 1.15 bits per heavy atom. The zero-order chi connectivity index (χ0) is 19.4. The maximum absolute atomic E-state index is 12.9. The van der Waals surface area contributed by atoms with Gasteiger partial charge >= 0.3 is 0 Å². The number of nitrogens with zero attached hydrogens (tertiary/aromatic N) is 2. The molecule has 1 fully saturated rings. The molecule has 140 valence electrons. The van der Waals surface area contributed by atoms with Gasteiger partial charge in [-0.1, -0.05) is 30.7 Å². The molecule has 0 unspecified atom stereocenters. The van der Waals surface area contributed by atoms with E-state index in [1.807, 2.05) is 62.4 Å². The first-order valence-corrected chi connectivity index (χ1v) is 9.85. The topological polar surface area (TPSA) is 41.9 Å². The lowest BCUT2D eigenvalue weighted by molar-refractivity contribution is -0.122. The van der Waals surface area contributed by atoms with Crippen molar-refractivity contribution in [3.05, 3.63) is 64.1 Å². The molecule has 0 bridgehead atoms. The highest BCUT2D eigenvalue weighted by atomic mass is 32.2. The summed E-state index contributed by atoms with van der Waals surface area (Å²) in [4.78, 5) is 20.1. The zero-order valence-electron chi connectivity index (χ0n) is 16.2. The van der Waals surface area contributed by atoms with Crippen LogP contribution in [0.3, 0.4) is 0 Å². The second-order valence-corrected chi connectivity index (χ2v) is 7.54. The molecule has 1 aliphatic rings. The van der Waals surface area contributed by atoms with Crippen molar-refractivity contribution in [3.8, 4) is 5.75 Å². The number of hydrogen-bond acceptors (Lipinski definition) is 4. The van der Waals surface area contributed by atoms with E-state index in [-0.39, 0.29) is 5.91 Å². The first kappa shape index (κ1) is 19.2. The van der Waals surface area contributed by atoms with Crippen molar-refractivity contribution in [1.82, 2.24) is 4.90 Å². The summed E-state index contributed by atoms with van der Waals surface area (Å²) in [6.07, 6.45) is 2.81. The van der Waals surface area contributed by atoms with Gasteiger partial charge in [0.05, 0.1) is 17.7 Å². The van der Waals surface area contributed by atoms with Gasteiger partial charge in [0.15, 0.2) is 5.17 Å². The molecule has 0 saturated carbocycles. The van der Waals surface area contributed by atoms with Crippen LogP contribution in [0.25, 0.3) is 6.08 Å². The van der Waals surface area contributed by atoms with Crippen molar-refractivity contribution in [1.29, 1.82) is 0 Å². The Morgan fingerprint density at radius 3 is 2.52 bits per heavy atom. The number of thioether (sulfide) groups is 1. The van der Waals surface area contributed by atoms with E-state index < -0.39 is 0 Å². The van der Waals surface area contributed by atoms with Crippen molar-refractivity contribution in [2.75, 3.05) is 13.7 Å². The molecule has 1 saturated heterocycles. The van der Waals surface area contributed by atoms with Crippen molar-refractivity contribution >= 4 is 34.6 Å². The number of aliphatic imine (C=N–C) groups is 1. The predicted octanol–water partition coefficient (Wildman–Crippen LogP) is 5.33. The van der Waals surface area contributed by atoms with Crippen LogP contribution in [-0.2, 0) is 4.79 Å². The number of amides is 1. The zero-order valence-corrected chi connectivity index (χ0v) is 17.0. The van der Waals surface area contributed by atoms with Gasteiger partial charge in [-0.05, 0) is 73.5 Å². The quantitative estimate of drug-likeness (QED) is 0.659. The Labute approximate surface area is 164 Å². The summed E-state index contributed by atoms with van der Waals surface area (Å²) < 4.78 is 5.31. The van der Waals surface area contributed by atoms with Gasteiger partial charge < -0.3 is 4.74 Å². The molecule has 0 aromatic heterocycles. The molecule has 4 nitrogen and oxygen atoms in total. The van der Waals surface area contributed by atoms with Gasteiger partial charge in [-0.25, -0.2) is 4.99 Å². The van der Waals surface area contributed by atoms with Crippen LogP contribution in [-0.4, -0.2) is 29.6 Å². The van der Waals surface area contributed by atoms with Crippen LogP contribution >= 0.6 is 11.8 Å². The number of aryl methyl sites for hydroxylation is 2. The Kier molecular flexibility index (Phi) is 6.01. The maximum atomic E-state index is 12.9. The summed E-state index contributed by atoms with van der Waals surface area (Å²) in [6.45, 7) is 6.77. The summed E-state index contributed by atoms with van der Waals surface area (Å²) in [5.74, 6) is 0.859. The average Bonchev–Trinajstić information content (AvgIpc) is 2.93. The molecular weight excluding hydrogens is 356 g/mol. The van der Waals surface area contributed by atoms with E-state index in [0.717, 1.165) is 34.2 Å². The summed E-state index contributed by atoms with van der Waals surface area (Å²) in [6, 6.07) is 13.9. The third-order valence-corrected chi connectivity index (χ3v) is 5.32. The Bertz CT molecular complexity index is 901. The third-order valence-electron chi connectivity index (χ3n) is 4.31. The Hall–Kier alpha value is -2.53. The summed E-state index contributed by atoms with van der Waals surface area (Å²) in [7, 11) is 1.66. The third kappa shape index (κ3) is 4.42. The fraction of sp³-hybridized carbons (Fsp3) is 0.273. The SMILES string of the molecule is CCCN1C(=O)/C(=C\c2ccc(OC)c(C)c2)SC1=Nc1ccc(C)cc1. The van der Waals surface area contributed by atoms with Crippen LogP contribution < -0.4 is 4.74 Å². The first-order valence-electron chi connectivity index (χ1n) is 9.03. The smallest absolute Gasteiger partial charge is 0.266 e. The van der Waals surface area contributed by atoms with E-state index in [1.165, 1.54) is 17.3 Å². The number of benzene rings is 2. The second-order valence-electron chi connectivity index (χ2n) is 6.53. The lowest BCUT2D eigenvalue weighted by atomic mass is 10.1. The van der Waals surface area contributed by atoms with Gasteiger partial charge in [-0.3, -0.25) is 9.69 Å². The molecule has 1 amide bonds. The minimum atomic E-state index is 0.0150. The van der Waals surface area contributed by atoms with E-state index >= 15 is 0 Å².